The van der Waals surface area contributed by atoms with Gasteiger partial charge < -0.3 is 4.74 Å². The number of nitriles is 1. The van der Waals surface area contributed by atoms with Gasteiger partial charge >= 0.3 is 0 Å². The van der Waals surface area contributed by atoms with Crippen LogP contribution in [-0.2, 0) is 0 Å². The number of aryl methyl sites for hydroxylation is 1. The average molecular weight is 265 g/mol. The Hall–Kier alpha value is -2.27. The van der Waals surface area contributed by atoms with E-state index in [-0.39, 0.29) is 11.8 Å². The SMILES string of the molecule is COc1ccc(C)cc1C(C#N)C(C)c1ccccc1. The molecule has 0 fully saturated rings. The van der Waals surface area contributed by atoms with Gasteiger partial charge in [0.25, 0.3) is 0 Å². The fraction of sp³-hybridized carbons (Fsp3) is 0.278. The Kier molecular flexibility index (Phi) is 4.42. The second-order valence-corrected chi connectivity index (χ2v) is 5.05. The molecule has 0 amide bonds. The molecule has 0 radical (unpaired) electrons. The molecule has 0 saturated carbocycles. The number of benzene rings is 2. The molecule has 0 aliphatic rings. The van der Waals surface area contributed by atoms with Crippen LogP contribution in [0, 0.1) is 18.3 Å². The van der Waals surface area contributed by atoms with E-state index in [0.717, 1.165) is 16.9 Å². The van der Waals surface area contributed by atoms with Crippen LogP contribution in [-0.4, -0.2) is 7.11 Å². The third kappa shape index (κ3) is 2.83. The zero-order valence-electron chi connectivity index (χ0n) is 12.1. The van der Waals surface area contributed by atoms with Crippen molar-refractivity contribution in [3.05, 3.63) is 65.2 Å². The summed E-state index contributed by atoms with van der Waals surface area (Å²) in [5.41, 5.74) is 3.27. The van der Waals surface area contributed by atoms with Crippen LogP contribution in [0.5, 0.6) is 5.75 Å². The summed E-state index contributed by atoms with van der Waals surface area (Å²) in [6.45, 7) is 4.12. The van der Waals surface area contributed by atoms with Gasteiger partial charge in [-0.3, -0.25) is 0 Å². The Labute approximate surface area is 120 Å². The topological polar surface area (TPSA) is 33.0 Å². The lowest BCUT2D eigenvalue weighted by Crippen LogP contribution is -2.08. The molecule has 0 aliphatic heterocycles. The highest BCUT2D eigenvalue weighted by Crippen LogP contribution is 2.37. The van der Waals surface area contributed by atoms with Gasteiger partial charge in [0.05, 0.1) is 19.1 Å². The van der Waals surface area contributed by atoms with Crippen molar-refractivity contribution in [2.45, 2.75) is 25.7 Å². The summed E-state index contributed by atoms with van der Waals surface area (Å²) < 4.78 is 5.42. The van der Waals surface area contributed by atoms with Crippen LogP contribution in [0.15, 0.2) is 48.5 Å². The molecule has 0 aliphatic carbocycles. The van der Waals surface area contributed by atoms with Crippen LogP contribution in [0.25, 0.3) is 0 Å². The van der Waals surface area contributed by atoms with Gasteiger partial charge in [-0.15, -0.1) is 0 Å². The second-order valence-electron chi connectivity index (χ2n) is 5.05. The van der Waals surface area contributed by atoms with Crippen molar-refractivity contribution >= 4 is 0 Å². The summed E-state index contributed by atoms with van der Waals surface area (Å²) in [6.07, 6.45) is 0. The molecule has 102 valence electrons. The predicted molar refractivity (Wildman–Crippen MR) is 80.9 cm³/mol. The van der Waals surface area contributed by atoms with E-state index in [1.165, 1.54) is 5.56 Å². The first-order valence-corrected chi connectivity index (χ1v) is 6.76. The predicted octanol–water partition coefficient (Wildman–Crippen LogP) is 4.41. The van der Waals surface area contributed by atoms with Crippen LogP contribution in [0.1, 0.15) is 35.4 Å². The van der Waals surface area contributed by atoms with E-state index < -0.39 is 0 Å². The quantitative estimate of drug-likeness (QED) is 0.820. The summed E-state index contributed by atoms with van der Waals surface area (Å²) in [5, 5.41) is 9.62. The van der Waals surface area contributed by atoms with Crippen molar-refractivity contribution in [2.24, 2.45) is 0 Å². The fourth-order valence-corrected chi connectivity index (χ4v) is 2.50. The monoisotopic (exact) mass is 265 g/mol. The number of methoxy groups -OCH3 is 1. The molecule has 2 unspecified atom stereocenters. The highest BCUT2D eigenvalue weighted by Gasteiger charge is 2.23. The van der Waals surface area contributed by atoms with Crippen LogP contribution in [0.3, 0.4) is 0 Å². The third-order valence-electron chi connectivity index (χ3n) is 3.68. The van der Waals surface area contributed by atoms with Crippen LogP contribution in [0.4, 0.5) is 0 Å². The minimum atomic E-state index is -0.216. The molecule has 2 aromatic rings. The van der Waals surface area contributed by atoms with Crippen molar-refractivity contribution in [3.8, 4) is 11.8 Å². The van der Waals surface area contributed by atoms with Crippen molar-refractivity contribution in [1.29, 1.82) is 5.26 Å². The molecule has 0 bridgehead atoms. The number of rotatable bonds is 4. The van der Waals surface area contributed by atoms with Gasteiger partial charge in [0.15, 0.2) is 0 Å². The largest absolute Gasteiger partial charge is 0.496 e. The summed E-state index contributed by atoms with van der Waals surface area (Å²) in [4.78, 5) is 0. The Morgan fingerprint density at radius 2 is 1.80 bits per heavy atom. The molecular formula is C18H19NO. The number of nitrogens with zero attached hydrogens (tertiary/aromatic N) is 1. The van der Waals surface area contributed by atoms with Gasteiger partial charge in [0, 0.05) is 11.5 Å². The second kappa shape index (κ2) is 6.25. The van der Waals surface area contributed by atoms with Gasteiger partial charge in [-0.05, 0) is 18.6 Å². The Balaban J connectivity index is 2.43. The first-order valence-electron chi connectivity index (χ1n) is 6.76. The number of ether oxygens (including phenoxy) is 1. The Morgan fingerprint density at radius 3 is 2.40 bits per heavy atom. The summed E-state index contributed by atoms with van der Waals surface area (Å²) in [5.74, 6) is 0.689. The number of hydrogen-bond donors (Lipinski definition) is 0. The molecule has 0 N–H and O–H groups in total. The van der Waals surface area contributed by atoms with E-state index in [0.29, 0.717) is 0 Å². The van der Waals surface area contributed by atoms with E-state index in [9.17, 15) is 5.26 Å². The normalized spacial score (nSPS) is 13.3. The molecule has 2 heteroatoms. The zero-order chi connectivity index (χ0) is 14.5. The van der Waals surface area contributed by atoms with Crippen molar-refractivity contribution in [3.63, 3.8) is 0 Å². The highest BCUT2D eigenvalue weighted by molar-refractivity contribution is 5.44. The first kappa shape index (κ1) is 14.1. The molecule has 0 spiro atoms. The molecule has 0 heterocycles. The standard InChI is InChI=1S/C18H19NO/c1-13-9-10-18(20-3)16(11-13)17(12-19)14(2)15-7-5-4-6-8-15/h4-11,14,17H,1-3H3. The molecule has 2 rings (SSSR count). The van der Waals surface area contributed by atoms with Crippen LogP contribution in [0.2, 0.25) is 0 Å². The van der Waals surface area contributed by atoms with Crippen LogP contribution >= 0.6 is 0 Å². The van der Waals surface area contributed by atoms with Crippen molar-refractivity contribution in [2.75, 3.05) is 7.11 Å². The Morgan fingerprint density at radius 1 is 1.10 bits per heavy atom. The average Bonchev–Trinajstić information content (AvgIpc) is 2.49. The lowest BCUT2D eigenvalue weighted by molar-refractivity contribution is 0.406. The minimum Gasteiger partial charge on any atom is -0.496 e. The molecule has 2 nitrogen and oxygen atoms in total. The highest BCUT2D eigenvalue weighted by atomic mass is 16.5. The molecule has 20 heavy (non-hydrogen) atoms. The zero-order valence-corrected chi connectivity index (χ0v) is 12.1. The van der Waals surface area contributed by atoms with Crippen molar-refractivity contribution in [1.82, 2.24) is 0 Å². The maximum absolute atomic E-state index is 9.62. The minimum absolute atomic E-state index is 0.122. The molecule has 0 aromatic heterocycles. The number of hydrogen-bond acceptors (Lipinski definition) is 2. The van der Waals surface area contributed by atoms with Gasteiger partial charge in [0.1, 0.15) is 5.75 Å². The first-order chi connectivity index (χ1) is 9.67. The maximum Gasteiger partial charge on any atom is 0.123 e. The summed E-state index contributed by atoms with van der Waals surface area (Å²) >= 11 is 0. The van der Waals surface area contributed by atoms with E-state index in [4.69, 9.17) is 4.74 Å². The lowest BCUT2D eigenvalue weighted by atomic mass is 9.83. The lowest BCUT2D eigenvalue weighted by Gasteiger charge is -2.21. The van der Waals surface area contributed by atoms with E-state index in [1.807, 2.05) is 43.3 Å². The fourth-order valence-electron chi connectivity index (χ4n) is 2.50. The molecule has 0 saturated heterocycles. The molecular weight excluding hydrogens is 246 g/mol. The summed E-state index contributed by atoms with van der Waals surface area (Å²) in [6, 6.07) is 18.6. The van der Waals surface area contributed by atoms with Gasteiger partial charge in [-0.2, -0.15) is 5.26 Å². The summed E-state index contributed by atoms with van der Waals surface area (Å²) in [7, 11) is 1.65. The molecule has 2 aromatic carbocycles. The van der Waals surface area contributed by atoms with E-state index >= 15 is 0 Å². The smallest absolute Gasteiger partial charge is 0.123 e. The van der Waals surface area contributed by atoms with Crippen molar-refractivity contribution < 1.29 is 4.74 Å². The van der Waals surface area contributed by atoms with Gasteiger partial charge in [-0.1, -0.05) is 55.0 Å². The third-order valence-corrected chi connectivity index (χ3v) is 3.68. The maximum atomic E-state index is 9.62. The Bertz CT molecular complexity index is 613. The molecule has 2 atom stereocenters. The van der Waals surface area contributed by atoms with E-state index in [1.54, 1.807) is 7.11 Å². The van der Waals surface area contributed by atoms with E-state index in [2.05, 4.69) is 25.1 Å². The van der Waals surface area contributed by atoms with Gasteiger partial charge in [-0.25, -0.2) is 0 Å². The van der Waals surface area contributed by atoms with Crippen LogP contribution < -0.4 is 4.74 Å². The van der Waals surface area contributed by atoms with Gasteiger partial charge in [0.2, 0.25) is 0 Å².